The van der Waals surface area contributed by atoms with E-state index in [1.165, 1.54) is 0 Å². The van der Waals surface area contributed by atoms with Gasteiger partial charge in [-0.05, 0) is 51.0 Å². The maximum Gasteiger partial charge on any atom is 0.314 e. The van der Waals surface area contributed by atoms with E-state index in [0.29, 0.717) is 26.2 Å². The van der Waals surface area contributed by atoms with Gasteiger partial charge >= 0.3 is 5.97 Å². The minimum Gasteiger partial charge on any atom is -0.465 e. The highest BCUT2D eigenvalue weighted by Crippen LogP contribution is 2.53. The Bertz CT molecular complexity index is 685. The van der Waals surface area contributed by atoms with Crippen molar-refractivity contribution < 1.29 is 19.1 Å². The molecule has 3 atom stereocenters. The molecule has 0 aromatic heterocycles. The minimum absolute atomic E-state index is 0.0385. The number of ether oxygens (including phenoxy) is 2. The van der Waals surface area contributed by atoms with Gasteiger partial charge < -0.3 is 14.4 Å². The fourth-order valence-corrected chi connectivity index (χ4v) is 5.39. The largest absolute Gasteiger partial charge is 0.465 e. The zero-order valence-corrected chi connectivity index (χ0v) is 16.1. The maximum atomic E-state index is 13.3. The molecule has 5 nitrogen and oxygen atoms in total. The molecule has 0 unspecified atom stereocenters. The number of rotatable bonds is 5. The predicted molar refractivity (Wildman–Crippen MR) is 101 cm³/mol. The molecule has 0 aliphatic carbocycles. The molecule has 1 aromatic rings. The second-order valence-electron chi connectivity index (χ2n) is 8.12. The lowest BCUT2D eigenvalue weighted by molar-refractivity contribution is -0.158. The number of esters is 1. The molecule has 1 aromatic carbocycles. The second-order valence-corrected chi connectivity index (χ2v) is 8.12. The smallest absolute Gasteiger partial charge is 0.314 e. The Morgan fingerprint density at radius 1 is 1.15 bits per heavy atom. The summed E-state index contributed by atoms with van der Waals surface area (Å²) >= 11 is 0. The van der Waals surface area contributed by atoms with Crippen LogP contribution in [0.5, 0.6) is 0 Å². The lowest BCUT2D eigenvalue weighted by Gasteiger charge is -2.36. The second kappa shape index (κ2) is 7.63. The van der Waals surface area contributed by atoms with Crippen LogP contribution in [0, 0.1) is 11.3 Å². The van der Waals surface area contributed by atoms with Crippen molar-refractivity contribution in [1.82, 2.24) is 4.90 Å². The third-order valence-electron chi connectivity index (χ3n) is 6.61. The van der Waals surface area contributed by atoms with E-state index in [0.717, 1.165) is 37.7 Å². The first-order chi connectivity index (χ1) is 13.2. The van der Waals surface area contributed by atoms with Crippen LogP contribution in [0.1, 0.15) is 44.6 Å². The van der Waals surface area contributed by atoms with Crippen molar-refractivity contribution in [2.45, 2.75) is 57.5 Å². The van der Waals surface area contributed by atoms with E-state index in [1.807, 2.05) is 25.1 Å². The van der Waals surface area contributed by atoms with Crippen molar-refractivity contribution in [2.75, 3.05) is 19.8 Å². The third-order valence-corrected chi connectivity index (χ3v) is 6.61. The maximum absolute atomic E-state index is 13.3. The minimum atomic E-state index is -0.610. The summed E-state index contributed by atoms with van der Waals surface area (Å²) in [4.78, 5) is 28.5. The highest BCUT2D eigenvalue weighted by atomic mass is 16.5. The Morgan fingerprint density at radius 3 is 2.59 bits per heavy atom. The number of fused-ring (bicyclic) bond motifs is 2. The number of carbonyl (C=O) groups excluding carboxylic acids is 2. The van der Waals surface area contributed by atoms with Crippen molar-refractivity contribution >= 4 is 11.9 Å². The number of nitrogens with zero attached hydrogens (tertiary/aromatic N) is 1. The van der Waals surface area contributed by atoms with E-state index in [9.17, 15) is 9.59 Å². The summed E-state index contributed by atoms with van der Waals surface area (Å²) in [5.41, 5.74) is 0.526. The lowest BCUT2D eigenvalue weighted by Crippen LogP contribution is -2.49. The van der Waals surface area contributed by atoms with E-state index < -0.39 is 5.41 Å². The molecule has 0 spiro atoms. The summed E-state index contributed by atoms with van der Waals surface area (Å²) in [5.74, 6) is 0.132. The first-order valence-electron chi connectivity index (χ1n) is 10.3. The van der Waals surface area contributed by atoms with Gasteiger partial charge in [-0.1, -0.05) is 30.3 Å². The quantitative estimate of drug-likeness (QED) is 0.747. The standard InChI is InChI=1S/C22H29NO4/c1-2-27-21(25)22(14-16-6-4-3-5-7-16)15-18-8-9-19(22)23(18)20(24)17-10-12-26-13-11-17/h3-7,17-19H,2,8-15H2,1H3/t18-,19+,22+/m1/s1. The zero-order valence-electron chi connectivity index (χ0n) is 16.1. The molecule has 3 aliphatic rings. The van der Waals surface area contributed by atoms with Gasteiger partial charge in [0.15, 0.2) is 0 Å². The van der Waals surface area contributed by atoms with Gasteiger partial charge in [0, 0.05) is 31.2 Å². The molecule has 4 rings (SSSR count). The number of hydrogen-bond donors (Lipinski definition) is 0. The van der Waals surface area contributed by atoms with Crippen molar-refractivity contribution in [2.24, 2.45) is 11.3 Å². The Hall–Kier alpha value is -1.88. The number of carbonyl (C=O) groups is 2. The zero-order chi connectivity index (χ0) is 18.9. The van der Waals surface area contributed by atoms with Crippen LogP contribution in [-0.2, 0) is 25.5 Å². The molecular weight excluding hydrogens is 342 g/mol. The molecular formula is C22H29NO4. The van der Waals surface area contributed by atoms with Crippen LogP contribution in [0.2, 0.25) is 0 Å². The van der Waals surface area contributed by atoms with Crippen LogP contribution in [0.4, 0.5) is 0 Å². The van der Waals surface area contributed by atoms with E-state index in [4.69, 9.17) is 9.47 Å². The van der Waals surface area contributed by atoms with Crippen LogP contribution in [0.25, 0.3) is 0 Å². The molecule has 0 saturated carbocycles. The Balaban J connectivity index is 1.62. The van der Waals surface area contributed by atoms with Crippen LogP contribution < -0.4 is 0 Å². The first kappa shape index (κ1) is 18.5. The SMILES string of the molecule is CCOC(=O)[C@@]1(Cc2ccccc2)C[C@H]2CC[C@@H]1N2C(=O)C1CCOCC1. The van der Waals surface area contributed by atoms with Gasteiger partial charge in [0.25, 0.3) is 0 Å². The molecule has 2 bridgehead atoms. The van der Waals surface area contributed by atoms with E-state index in [2.05, 4.69) is 17.0 Å². The van der Waals surface area contributed by atoms with Gasteiger partial charge in [-0.25, -0.2) is 0 Å². The van der Waals surface area contributed by atoms with Crippen molar-refractivity contribution in [3.63, 3.8) is 0 Å². The summed E-state index contributed by atoms with van der Waals surface area (Å²) in [5, 5.41) is 0. The van der Waals surface area contributed by atoms with E-state index in [1.54, 1.807) is 0 Å². The number of hydrogen-bond acceptors (Lipinski definition) is 4. The van der Waals surface area contributed by atoms with Gasteiger partial charge in [0.1, 0.15) is 0 Å². The molecule has 3 heterocycles. The molecule has 0 radical (unpaired) electrons. The third kappa shape index (κ3) is 3.27. The van der Waals surface area contributed by atoms with Gasteiger partial charge in [0.05, 0.1) is 12.0 Å². The van der Waals surface area contributed by atoms with Gasteiger partial charge in [-0.3, -0.25) is 9.59 Å². The summed E-state index contributed by atoms with van der Waals surface area (Å²) < 4.78 is 11.0. The van der Waals surface area contributed by atoms with Crippen LogP contribution >= 0.6 is 0 Å². The molecule has 1 amide bonds. The van der Waals surface area contributed by atoms with Crippen LogP contribution in [0.3, 0.4) is 0 Å². The molecule has 5 heteroatoms. The monoisotopic (exact) mass is 371 g/mol. The molecule has 3 fully saturated rings. The Morgan fingerprint density at radius 2 is 1.89 bits per heavy atom. The van der Waals surface area contributed by atoms with Crippen molar-refractivity contribution in [1.29, 1.82) is 0 Å². The van der Waals surface area contributed by atoms with Gasteiger partial charge in [-0.2, -0.15) is 0 Å². The summed E-state index contributed by atoms with van der Waals surface area (Å²) in [6.07, 6.45) is 4.84. The average Bonchev–Trinajstić information content (AvgIpc) is 3.25. The Kier molecular flexibility index (Phi) is 5.22. The molecule has 3 saturated heterocycles. The van der Waals surface area contributed by atoms with Crippen molar-refractivity contribution in [3.05, 3.63) is 35.9 Å². The fourth-order valence-electron chi connectivity index (χ4n) is 5.39. The summed E-state index contributed by atoms with van der Waals surface area (Å²) in [6.45, 7) is 3.55. The predicted octanol–water partition coefficient (Wildman–Crippen LogP) is 2.97. The first-order valence-corrected chi connectivity index (χ1v) is 10.3. The Labute approximate surface area is 161 Å². The van der Waals surface area contributed by atoms with Crippen LogP contribution in [-0.4, -0.2) is 48.7 Å². The van der Waals surface area contributed by atoms with E-state index in [-0.39, 0.29) is 29.9 Å². The normalized spacial score (nSPS) is 30.5. The summed E-state index contributed by atoms with van der Waals surface area (Å²) in [7, 11) is 0. The molecule has 3 aliphatic heterocycles. The van der Waals surface area contributed by atoms with Gasteiger partial charge in [-0.15, -0.1) is 0 Å². The molecule has 27 heavy (non-hydrogen) atoms. The highest BCUT2D eigenvalue weighted by molar-refractivity contribution is 5.85. The number of amides is 1. The fraction of sp³-hybridized carbons (Fsp3) is 0.636. The summed E-state index contributed by atoms with van der Waals surface area (Å²) in [6, 6.07) is 10.3. The average molecular weight is 371 g/mol. The molecule has 146 valence electrons. The number of benzene rings is 1. The van der Waals surface area contributed by atoms with E-state index >= 15 is 0 Å². The van der Waals surface area contributed by atoms with Crippen molar-refractivity contribution in [3.8, 4) is 0 Å². The lowest BCUT2D eigenvalue weighted by atomic mass is 9.70. The topological polar surface area (TPSA) is 55.8 Å². The highest BCUT2D eigenvalue weighted by Gasteiger charge is 2.62. The van der Waals surface area contributed by atoms with Gasteiger partial charge in [0.2, 0.25) is 5.91 Å². The molecule has 0 N–H and O–H groups in total. The van der Waals surface area contributed by atoms with Crippen LogP contribution in [0.15, 0.2) is 30.3 Å².